The average Bonchev–Trinajstić information content (AvgIpc) is 2.19. The molecule has 0 fully saturated rings. The van der Waals surface area contributed by atoms with E-state index in [-0.39, 0.29) is 0 Å². The van der Waals surface area contributed by atoms with Crippen LogP contribution in [0.4, 0.5) is 0 Å². The Bertz CT molecular complexity index is 401. The molecule has 0 unspecified atom stereocenters. The first-order chi connectivity index (χ1) is 6.42. The Morgan fingerprint density at radius 3 is 2.62 bits per heavy atom. The molecule has 2 aromatic rings. The van der Waals surface area contributed by atoms with Crippen LogP contribution < -0.4 is 4.74 Å². The summed E-state index contributed by atoms with van der Waals surface area (Å²) in [5.41, 5.74) is 0. The molecule has 0 N–H and O–H groups in total. The molecule has 0 spiro atoms. The van der Waals surface area contributed by atoms with Crippen molar-refractivity contribution in [3.8, 4) is 5.75 Å². The Labute approximate surface area is 78.0 Å². The van der Waals surface area contributed by atoms with E-state index >= 15 is 0 Å². The van der Waals surface area contributed by atoms with Gasteiger partial charge in [-0.25, -0.2) is 0 Å². The maximum Gasteiger partial charge on any atom is 0.132 e. The molecule has 0 aliphatic heterocycles. The highest BCUT2D eigenvalue weighted by Gasteiger charge is 1.98. The van der Waals surface area contributed by atoms with Crippen molar-refractivity contribution in [2.24, 2.45) is 0 Å². The smallest absolute Gasteiger partial charge is 0.132 e. The Kier molecular flexibility index (Phi) is 2.17. The zero-order chi connectivity index (χ0) is 9.10. The minimum Gasteiger partial charge on any atom is -0.486 e. The first kappa shape index (κ1) is 8.11. The zero-order valence-electron chi connectivity index (χ0n) is 7.53. The number of fused-ring (bicyclic) bond motifs is 1. The molecule has 1 radical (unpaired) electrons. The molecule has 0 bridgehead atoms. The van der Waals surface area contributed by atoms with Gasteiger partial charge in [0.1, 0.15) is 12.4 Å². The van der Waals surface area contributed by atoms with Gasteiger partial charge in [-0.05, 0) is 18.4 Å². The highest BCUT2D eigenvalue weighted by molar-refractivity contribution is 5.88. The van der Waals surface area contributed by atoms with E-state index in [2.05, 4.69) is 18.2 Å². The van der Waals surface area contributed by atoms with Crippen molar-refractivity contribution in [3.63, 3.8) is 0 Å². The molecule has 1 nitrogen and oxygen atoms in total. The third kappa shape index (κ3) is 1.50. The molecule has 0 saturated heterocycles. The molecule has 65 valence electrons. The van der Waals surface area contributed by atoms with Crippen LogP contribution in [-0.4, -0.2) is 0 Å². The summed E-state index contributed by atoms with van der Waals surface area (Å²) in [7, 11) is 0. The second-order valence-electron chi connectivity index (χ2n) is 2.83. The van der Waals surface area contributed by atoms with E-state index in [0.717, 1.165) is 11.1 Å². The van der Waals surface area contributed by atoms with E-state index in [1.165, 1.54) is 5.39 Å². The van der Waals surface area contributed by atoms with Crippen molar-refractivity contribution in [1.29, 1.82) is 0 Å². The molecule has 2 aromatic carbocycles. The van der Waals surface area contributed by atoms with Crippen LogP contribution in [0.15, 0.2) is 42.5 Å². The second-order valence-corrected chi connectivity index (χ2v) is 2.83. The van der Waals surface area contributed by atoms with Crippen LogP contribution in [0, 0.1) is 6.61 Å². The highest BCUT2D eigenvalue weighted by Crippen LogP contribution is 2.25. The van der Waals surface area contributed by atoms with Crippen molar-refractivity contribution >= 4 is 10.8 Å². The van der Waals surface area contributed by atoms with Gasteiger partial charge in [-0.2, -0.15) is 0 Å². The summed E-state index contributed by atoms with van der Waals surface area (Å²) >= 11 is 0. The summed E-state index contributed by atoms with van der Waals surface area (Å²) in [6.07, 6.45) is 0. The fourth-order valence-corrected chi connectivity index (χ4v) is 1.43. The van der Waals surface area contributed by atoms with Gasteiger partial charge < -0.3 is 4.74 Å². The molecule has 0 aliphatic carbocycles. The topological polar surface area (TPSA) is 9.23 Å². The number of ether oxygens (including phenoxy) is 1. The van der Waals surface area contributed by atoms with E-state index < -0.39 is 0 Å². The van der Waals surface area contributed by atoms with Crippen LogP contribution in [0.25, 0.3) is 10.8 Å². The molecule has 0 heterocycles. The lowest BCUT2D eigenvalue weighted by Crippen LogP contribution is -1.86. The van der Waals surface area contributed by atoms with Crippen LogP contribution in [0.3, 0.4) is 0 Å². The Morgan fingerprint density at radius 1 is 1.00 bits per heavy atom. The fourth-order valence-electron chi connectivity index (χ4n) is 1.43. The molecule has 2 rings (SSSR count). The lowest BCUT2D eigenvalue weighted by molar-refractivity contribution is 0.421. The normalized spacial score (nSPS) is 10.2. The van der Waals surface area contributed by atoms with Gasteiger partial charge in [-0.15, -0.1) is 0 Å². The first-order valence-electron chi connectivity index (χ1n) is 4.34. The molecule has 1 heteroatoms. The van der Waals surface area contributed by atoms with Crippen LogP contribution in [0.5, 0.6) is 5.75 Å². The van der Waals surface area contributed by atoms with Gasteiger partial charge in [0, 0.05) is 5.39 Å². The van der Waals surface area contributed by atoms with Crippen LogP contribution in [-0.2, 0) is 0 Å². The lowest BCUT2D eigenvalue weighted by atomic mass is 10.1. The SMILES string of the molecule is C[CH]Oc1cccc2ccccc12. The Morgan fingerprint density at radius 2 is 1.77 bits per heavy atom. The van der Waals surface area contributed by atoms with E-state index in [0.29, 0.717) is 0 Å². The summed E-state index contributed by atoms with van der Waals surface area (Å²) in [4.78, 5) is 0. The zero-order valence-corrected chi connectivity index (χ0v) is 7.53. The molecule has 0 saturated carbocycles. The van der Waals surface area contributed by atoms with Crippen LogP contribution in [0.1, 0.15) is 6.92 Å². The molecule has 0 aromatic heterocycles. The van der Waals surface area contributed by atoms with Gasteiger partial charge >= 0.3 is 0 Å². The van der Waals surface area contributed by atoms with Gasteiger partial charge in [-0.1, -0.05) is 36.4 Å². The van der Waals surface area contributed by atoms with E-state index in [1.807, 2.05) is 31.2 Å². The van der Waals surface area contributed by atoms with Gasteiger partial charge in [0.25, 0.3) is 0 Å². The van der Waals surface area contributed by atoms with E-state index in [4.69, 9.17) is 4.74 Å². The summed E-state index contributed by atoms with van der Waals surface area (Å²) in [6.45, 7) is 3.57. The van der Waals surface area contributed by atoms with Crippen LogP contribution >= 0.6 is 0 Å². The third-order valence-electron chi connectivity index (χ3n) is 1.99. The van der Waals surface area contributed by atoms with Gasteiger partial charge in [0.15, 0.2) is 0 Å². The summed E-state index contributed by atoms with van der Waals surface area (Å²) < 4.78 is 5.39. The second kappa shape index (κ2) is 3.48. The molecular weight excluding hydrogens is 160 g/mol. The monoisotopic (exact) mass is 171 g/mol. The Balaban J connectivity index is 2.61. The summed E-state index contributed by atoms with van der Waals surface area (Å²) in [5, 5.41) is 2.37. The third-order valence-corrected chi connectivity index (χ3v) is 1.99. The molecule has 0 atom stereocenters. The standard InChI is InChI=1S/C12H11O/c1-2-13-12-9-5-7-10-6-3-4-8-11(10)12/h2-9H,1H3. The average molecular weight is 171 g/mol. The minimum atomic E-state index is 0.917. The van der Waals surface area contributed by atoms with Crippen molar-refractivity contribution in [2.45, 2.75) is 6.92 Å². The highest BCUT2D eigenvalue weighted by atomic mass is 16.5. The number of hydrogen-bond acceptors (Lipinski definition) is 1. The maximum atomic E-state index is 5.39. The predicted octanol–water partition coefficient (Wildman–Crippen LogP) is 3.40. The predicted molar refractivity (Wildman–Crippen MR) is 54.6 cm³/mol. The summed E-state index contributed by atoms with van der Waals surface area (Å²) in [5.74, 6) is 0.917. The number of hydrogen-bond donors (Lipinski definition) is 0. The van der Waals surface area contributed by atoms with Crippen molar-refractivity contribution < 1.29 is 4.74 Å². The van der Waals surface area contributed by atoms with Crippen molar-refractivity contribution in [3.05, 3.63) is 49.1 Å². The Hall–Kier alpha value is -1.50. The van der Waals surface area contributed by atoms with Gasteiger partial charge in [-0.3, -0.25) is 0 Å². The van der Waals surface area contributed by atoms with Gasteiger partial charge in [0.2, 0.25) is 0 Å². The molecular formula is C12H11O. The molecule has 13 heavy (non-hydrogen) atoms. The van der Waals surface area contributed by atoms with Gasteiger partial charge in [0.05, 0.1) is 0 Å². The van der Waals surface area contributed by atoms with E-state index in [9.17, 15) is 0 Å². The largest absolute Gasteiger partial charge is 0.486 e. The first-order valence-corrected chi connectivity index (χ1v) is 4.34. The lowest BCUT2D eigenvalue weighted by Gasteiger charge is -2.05. The van der Waals surface area contributed by atoms with Crippen molar-refractivity contribution in [2.75, 3.05) is 0 Å². The molecule has 0 amide bonds. The minimum absolute atomic E-state index is 0.917. The number of benzene rings is 2. The number of rotatable bonds is 2. The maximum absolute atomic E-state index is 5.39. The van der Waals surface area contributed by atoms with Crippen molar-refractivity contribution in [1.82, 2.24) is 0 Å². The van der Waals surface area contributed by atoms with E-state index in [1.54, 1.807) is 6.61 Å². The molecule has 0 aliphatic rings. The fraction of sp³-hybridized carbons (Fsp3) is 0.0833. The summed E-state index contributed by atoms with van der Waals surface area (Å²) in [6, 6.07) is 14.2. The van der Waals surface area contributed by atoms with Crippen LogP contribution in [0.2, 0.25) is 0 Å². The quantitative estimate of drug-likeness (QED) is 0.672.